The molecule has 1 atom stereocenters. The normalized spacial score (nSPS) is 13.1. The molecule has 1 nitrogen and oxygen atoms in total. The lowest BCUT2D eigenvalue weighted by Gasteiger charge is -2.31. The van der Waals surface area contributed by atoms with Crippen molar-refractivity contribution in [2.45, 2.75) is 38.0 Å². The first-order chi connectivity index (χ1) is 13.5. The van der Waals surface area contributed by atoms with Crippen LogP contribution in [0.25, 0.3) is 0 Å². The molecule has 0 bridgehead atoms. The van der Waals surface area contributed by atoms with E-state index in [4.69, 9.17) is 16.3 Å². The minimum absolute atomic E-state index is 0.0483. The molecule has 3 heteroatoms. The van der Waals surface area contributed by atoms with Crippen LogP contribution in [-0.2, 0) is 18.3 Å². The Bertz CT molecular complexity index is 872. The number of halogens is 2. The van der Waals surface area contributed by atoms with Crippen molar-refractivity contribution >= 4 is 11.6 Å². The molecule has 0 N–H and O–H groups in total. The fraction of sp³-hybridized carbons (Fsp3) is 0.280. The molecule has 0 aliphatic heterocycles. The summed E-state index contributed by atoms with van der Waals surface area (Å²) in [5.41, 5.74) is 3.67. The first-order valence-corrected chi connectivity index (χ1v) is 10.00. The molecule has 3 aromatic rings. The minimum atomic E-state index is -0.195. The lowest BCUT2D eigenvalue weighted by atomic mass is 9.74. The molecule has 0 radical (unpaired) electrons. The molecule has 28 heavy (non-hydrogen) atoms. The average Bonchev–Trinajstić information content (AvgIpc) is 2.73. The molecule has 0 saturated carbocycles. The molecule has 0 aliphatic rings. The standard InChI is InChI=1S/C25H26ClFO/c1-25(21-7-11-23(27)12-8-21,17-15-19-3-9-22(26)10-4-19)18-16-20-5-13-24(28-2)14-6-20/h3-14H,15-18H2,1-2H3. The Hall–Kier alpha value is -2.32. The summed E-state index contributed by atoms with van der Waals surface area (Å²) in [4.78, 5) is 0. The van der Waals surface area contributed by atoms with Crippen LogP contribution in [0, 0.1) is 5.82 Å². The Morgan fingerprint density at radius 1 is 0.786 bits per heavy atom. The van der Waals surface area contributed by atoms with E-state index in [0.717, 1.165) is 36.5 Å². The molecule has 146 valence electrons. The van der Waals surface area contributed by atoms with E-state index in [2.05, 4.69) is 31.2 Å². The molecule has 0 aliphatic carbocycles. The maximum atomic E-state index is 13.5. The Labute approximate surface area is 172 Å². The third-order valence-corrected chi connectivity index (χ3v) is 5.80. The van der Waals surface area contributed by atoms with E-state index in [1.807, 2.05) is 36.4 Å². The van der Waals surface area contributed by atoms with Crippen LogP contribution in [-0.4, -0.2) is 7.11 Å². The molecular weight excluding hydrogens is 371 g/mol. The quantitative estimate of drug-likeness (QED) is 0.397. The van der Waals surface area contributed by atoms with Crippen LogP contribution in [0.5, 0.6) is 5.75 Å². The molecule has 0 fully saturated rings. The summed E-state index contributed by atoms with van der Waals surface area (Å²) in [7, 11) is 1.68. The molecule has 3 rings (SSSR count). The van der Waals surface area contributed by atoms with Gasteiger partial charge in [-0.05, 0) is 84.2 Å². The third kappa shape index (κ3) is 5.36. The highest BCUT2D eigenvalue weighted by Gasteiger charge is 2.26. The fourth-order valence-corrected chi connectivity index (χ4v) is 3.68. The summed E-state index contributed by atoms with van der Waals surface area (Å²) in [6, 6.07) is 23.2. The topological polar surface area (TPSA) is 9.23 Å². The van der Waals surface area contributed by atoms with Crippen molar-refractivity contribution in [2.75, 3.05) is 7.11 Å². The molecule has 0 heterocycles. The summed E-state index contributed by atoms with van der Waals surface area (Å²) >= 11 is 6.01. The summed E-state index contributed by atoms with van der Waals surface area (Å²) in [6.07, 6.45) is 3.88. The van der Waals surface area contributed by atoms with Gasteiger partial charge in [-0.2, -0.15) is 0 Å². The Balaban J connectivity index is 1.76. The number of rotatable bonds is 8. The van der Waals surface area contributed by atoms with Crippen LogP contribution in [0.15, 0.2) is 72.8 Å². The second-order valence-electron chi connectivity index (χ2n) is 7.54. The van der Waals surface area contributed by atoms with E-state index in [-0.39, 0.29) is 11.2 Å². The van der Waals surface area contributed by atoms with E-state index < -0.39 is 0 Å². The van der Waals surface area contributed by atoms with Crippen LogP contribution >= 0.6 is 11.6 Å². The zero-order valence-electron chi connectivity index (χ0n) is 16.4. The summed E-state index contributed by atoms with van der Waals surface area (Å²) < 4.78 is 18.7. The number of benzene rings is 3. The van der Waals surface area contributed by atoms with E-state index >= 15 is 0 Å². The van der Waals surface area contributed by atoms with Crippen molar-refractivity contribution < 1.29 is 9.13 Å². The molecule has 0 spiro atoms. The van der Waals surface area contributed by atoms with Crippen molar-refractivity contribution in [3.05, 3.63) is 100 Å². The number of ether oxygens (including phenoxy) is 1. The van der Waals surface area contributed by atoms with Gasteiger partial charge in [-0.15, -0.1) is 0 Å². The van der Waals surface area contributed by atoms with Crippen molar-refractivity contribution in [1.82, 2.24) is 0 Å². The van der Waals surface area contributed by atoms with E-state index in [9.17, 15) is 4.39 Å². The second-order valence-corrected chi connectivity index (χ2v) is 7.98. The fourth-order valence-electron chi connectivity index (χ4n) is 3.55. The van der Waals surface area contributed by atoms with E-state index in [1.54, 1.807) is 19.2 Å². The van der Waals surface area contributed by atoms with Crippen LogP contribution in [0.4, 0.5) is 4.39 Å². The molecule has 0 amide bonds. The minimum Gasteiger partial charge on any atom is -0.497 e. The molecule has 3 aromatic carbocycles. The van der Waals surface area contributed by atoms with Gasteiger partial charge in [0.1, 0.15) is 11.6 Å². The van der Waals surface area contributed by atoms with Crippen LogP contribution in [0.2, 0.25) is 5.02 Å². The first-order valence-electron chi connectivity index (χ1n) is 9.62. The number of hydrogen-bond acceptors (Lipinski definition) is 1. The van der Waals surface area contributed by atoms with Gasteiger partial charge in [0.25, 0.3) is 0 Å². The zero-order chi connectivity index (χ0) is 20.0. The van der Waals surface area contributed by atoms with Crippen LogP contribution < -0.4 is 4.74 Å². The number of aryl methyl sites for hydroxylation is 2. The molecule has 0 saturated heterocycles. The van der Waals surface area contributed by atoms with Crippen LogP contribution in [0.1, 0.15) is 36.5 Å². The van der Waals surface area contributed by atoms with Crippen molar-refractivity contribution in [3.63, 3.8) is 0 Å². The average molecular weight is 397 g/mol. The second kappa shape index (κ2) is 9.25. The highest BCUT2D eigenvalue weighted by Crippen LogP contribution is 2.34. The summed E-state index contributed by atoms with van der Waals surface area (Å²) in [5, 5.41) is 0.754. The zero-order valence-corrected chi connectivity index (χ0v) is 17.2. The van der Waals surface area contributed by atoms with Gasteiger partial charge in [0.2, 0.25) is 0 Å². The monoisotopic (exact) mass is 396 g/mol. The van der Waals surface area contributed by atoms with Gasteiger partial charge in [-0.1, -0.05) is 54.9 Å². The Morgan fingerprint density at radius 2 is 1.29 bits per heavy atom. The lowest BCUT2D eigenvalue weighted by molar-refractivity contribution is 0.399. The lowest BCUT2D eigenvalue weighted by Crippen LogP contribution is -2.24. The number of hydrogen-bond donors (Lipinski definition) is 0. The molecule has 0 aromatic heterocycles. The number of methoxy groups -OCH3 is 1. The van der Waals surface area contributed by atoms with E-state index in [0.29, 0.717) is 0 Å². The van der Waals surface area contributed by atoms with Gasteiger partial charge in [0.15, 0.2) is 0 Å². The van der Waals surface area contributed by atoms with Gasteiger partial charge in [-0.3, -0.25) is 0 Å². The maximum Gasteiger partial charge on any atom is 0.123 e. The Morgan fingerprint density at radius 3 is 1.79 bits per heavy atom. The van der Waals surface area contributed by atoms with Gasteiger partial charge < -0.3 is 4.74 Å². The van der Waals surface area contributed by atoms with Crippen molar-refractivity contribution in [3.8, 4) is 5.75 Å². The van der Waals surface area contributed by atoms with Gasteiger partial charge >= 0.3 is 0 Å². The highest BCUT2D eigenvalue weighted by molar-refractivity contribution is 6.30. The predicted molar refractivity (Wildman–Crippen MR) is 115 cm³/mol. The third-order valence-electron chi connectivity index (χ3n) is 5.54. The van der Waals surface area contributed by atoms with Gasteiger partial charge in [-0.25, -0.2) is 4.39 Å². The van der Waals surface area contributed by atoms with E-state index in [1.165, 1.54) is 16.7 Å². The SMILES string of the molecule is COc1ccc(CCC(C)(CCc2ccc(Cl)cc2)c2ccc(F)cc2)cc1. The first kappa shape index (κ1) is 20.4. The maximum absolute atomic E-state index is 13.5. The summed E-state index contributed by atoms with van der Waals surface area (Å²) in [5.74, 6) is 0.673. The van der Waals surface area contributed by atoms with Crippen molar-refractivity contribution in [2.24, 2.45) is 0 Å². The predicted octanol–water partition coefficient (Wildman–Crippen LogP) is 7.01. The van der Waals surface area contributed by atoms with Crippen molar-refractivity contribution in [1.29, 1.82) is 0 Å². The Kier molecular flexibility index (Phi) is 6.74. The molecular formula is C25H26ClFO. The van der Waals surface area contributed by atoms with Gasteiger partial charge in [0, 0.05) is 5.02 Å². The smallest absolute Gasteiger partial charge is 0.123 e. The summed E-state index contributed by atoms with van der Waals surface area (Å²) in [6.45, 7) is 2.28. The largest absolute Gasteiger partial charge is 0.497 e. The van der Waals surface area contributed by atoms with Crippen LogP contribution in [0.3, 0.4) is 0 Å². The van der Waals surface area contributed by atoms with Gasteiger partial charge in [0.05, 0.1) is 7.11 Å². The highest BCUT2D eigenvalue weighted by atomic mass is 35.5. The molecule has 1 unspecified atom stereocenters.